The van der Waals surface area contributed by atoms with Crippen LogP contribution in [-0.4, -0.2) is 11.0 Å². The zero-order valence-electron chi connectivity index (χ0n) is 10.0. The molecule has 0 bridgehead atoms. The van der Waals surface area contributed by atoms with Crippen LogP contribution in [0.15, 0.2) is 27.5 Å². The van der Waals surface area contributed by atoms with Gasteiger partial charge in [-0.05, 0) is 24.4 Å². The summed E-state index contributed by atoms with van der Waals surface area (Å²) in [5.74, 6) is 0. The summed E-state index contributed by atoms with van der Waals surface area (Å²) in [6.07, 6.45) is -4.42. The van der Waals surface area contributed by atoms with Crippen LogP contribution in [0, 0.1) is 6.92 Å². The van der Waals surface area contributed by atoms with E-state index in [1.54, 1.807) is 6.92 Å². The van der Waals surface area contributed by atoms with Gasteiger partial charge in [-0.25, -0.2) is 9.78 Å². The summed E-state index contributed by atoms with van der Waals surface area (Å²) >= 11 is 0.620. The van der Waals surface area contributed by atoms with Gasteiger partial charge in [0.05, 0.1) is 0 Å². The molecule has 0 N–H and O–H groups in total. The number of aryl methyl sites for hydroxylation is 1. The molecule has 4 nitrogen and oxygen atoms in total. The van der Waals surface area contributed by atoms with E-state index in [0.29, 0.717) is 22.6 Å². The summed E-state index contributed by atoms with van der Waals surface area (Å²) in [6, 6.07) is 2.12. The molecule has 20 heavy (non-hydrogen) atoms. The molecule has 2 aromatic heterocycles. The van der Waals surface area contributed by atoms with Gasteiger partial charge in [0.1, 0.15) is 10.2 Å². The first kappa shape index (κ1) is 12.9. The summed E-state index contributed by atoms with van der Waals surface area (Å²) in [4.78, 5) is 21.6. The lowest BCUT2D eigenvalue weighted by Crippen LogP contribution is -2.26. The summed E-state index contributed by atoms with van der Waals surface area (Å²) in [6.45, 7) is 1.58. The first-order valence-corrected chi connectivity index (χ1v) is 6.38. The molecular formula is C12H6F3N3OS. The molecule has 2 aromatic rings. The SMILES string of the molecule is Cc1nc2c(cc1-c1ccsc1C(F)(F)F)=NC(=O)N=2. The monoisotopic (exact) mass is 297 g/mol. The maximum atomic E-state index is 12.9. The highest BCUT2D eigenvalue weighted by Crippen LogP contribution is 2.40. The Balaban J connectivity index is 2.26. The molecule has 1 aliphatic heterocycles. The molecule has 0 unspecified atom stereocenters. The molecule has 0 radical (unpaired) electrons. The Morgan fingerprint density at radius 2 is 1.95 bits per heavy atom. The minimum atomic E-state index is -4.42. The summed E-state index contributed by atoms with van der Waals surface area (Å²) < 4.78 is 38.8. The van der Waals surface area contributed by atoms with Gasteiger partial charge in [0.25, 0.3) is 0 Å². The van der Waals surface area contributed by atoms with Crippen molar-refractivity contribution in [1.29, 1.82) is 0 Å². The number of fused-ring (bicyclic) bond motifs is 1. The number of hydrogen-bond acceptors (Lipinski definition) is 3. The van der Waals surface area contributed by atoms with Crippen molar-refractivity contribution in [2.75, 3.05) is 0 Å². The molecule has 3 heterocycles. The Hall–Kier alpha value is -2.09. The van der Waals surface area contributed by atoms with Crippen LogP contribution in [0.5, 0.6) is 0 Å². The van der Waals surface area contributed by atoms with Gasteiger partial charge in [0.15, 0.2) is 5.49 Å². The largest absolute Gasteiger partial charge is 0.426 e. The van der Waals surface area contributed by atoms with Crippen LogP contribution in [0.1, 0.15) is 10.6 Å². The van der Waals surface area contributed by atoms with E-state index in [0.717, 1.165) is 0 Å². The number of hydrogen-bond donors (Lipinski definition) is 0. The second-order valence-corrected chi connectivity index (χ2v) is 5.05. The molecule has 0 aliphatic carbocycles. The third kappa shape index (κ3) is 2.01. The average Bonchev–Trinajstić information content (AvgIpc) is 2.91. The number of aromatic nitrogens is 1. The number of pyridine rings is 1. The average molecular weight is 297 g/mol. The van der Waals surface area contributed by atoms with Crippen LogP contribution in [0.3, 0.4) is 0 Å². The number of alkyl halides is 3. The quantitative estimate of drug-likeness (QED) is 0.812. The van der Waals surface area contributed by atoms with Gasteiger partial charge < -0.3 is 0 Å². The maximum Gasteiger partial charge on any atom is 0.426 e. The van der Waals surface area contributed by atoms with Gasteiger partial charge >= 0.3 is 12.2 Å². The summed E-state index contributed by atoms with van der Waals surface area (Å²) in [5, 5.41) is 1.58. The first-order chi connectivity index (χ1) is 9.36. The van der Waals surface area contributed by atoms with E-state index >= 15 is 0 Å². The van der Waals surface area contributed by atoms with Crippen molar-refractivity contribution in [3.63, 3.8) is 0 Å². The van der Waals surface area contributed by atoms with Crippen molar-refractivity contribution in [3.05, 3.63) is 38.9 Å². The van der Waals surface area contributed by atoms with E-state index in [-0.39, 0.29) is 16.4 Å². The first-order valence-electron chi connectivity index (χ1n) is 5.50. The molecule has 0 saturated carbocycles. The molecular weight excluding hydrogens is 291 g/mol. The van der Waals surface area contributed by atoms with Gasteiger partial charge in [-0.1, -0.05) is 0 Å². The maximum absolute atomic E-state index is 12.9. The molecule has 0 aromatic carbocycles. The molecule has 0 fully saturated rings. The number of carbonyl (C=O) groups is 1. The Morgan fingerprint density at radius 3 is 2.65 bits per heavy atom. The number of nitrogens with zero attached hydrogens (tertiary/aromatic N) is 3. The highest BCUT2D eigenvalue weighted by atomic mass is 32.1. The van der Waals surface area contributed by atoms with Crippen molar-refractivity contribution >= 4 is 17.4 Å². The fraction of sp³-hybridized carbons (Fsp3) is 0.167. The molecule has 8 heteroatoms. The third-order valence-electron chi connectivity index (χ3n) is 2.80. The fourth-order valence-electron chi connectivity index (χ4n) is 1.98. The molecule has 0 atom stereocenters. The Labute approximate surface area is 114 Å². The van der Waals surface area contributed by atoms with Crippen LogP contribution in [0.25, 0.3) is 11.1 Å². The van der Waals surface area contributed by atoms with Gasteiger partial charge in [0.2, 0.25) is 0 Å². The third-order valence-corrected chi connectivity index (χ3v) is 3.76. The molecule has 3 rings (SSSR count). The minimum Gasteiger partial charge on any atom is -0.244 e. The topological polar surface area (TPSA) is 54.7 Å². The fourth-order valence-corrected chi connectivity index (χ4v) is 2.76. The smallest absolute Gasteiger partial charge is 0.244 e. The number of halogens is 3. The van der Waals surface area contributed by atoms with Crippen LogP contribution in [0.2, 0.25) is 0 Å². The van der Waals surface area contributed by atoms with E-state index in [2.05, 4.69) is 15.0 Å². The molecule has 102 valence electrons. The number of urea groups is 1. The minimum absolute atomic E-state index is 0.0462. The standard InChI is InChI=1S/C12H6F3N3OS/c1-5-7(4-8-10(16-5)18-11(19)17-8)6-2-3-20-9(6)12(13,14)15/h2-4H,1H3. The van der Waals surface area contributed by atoms with E-state index in [1.165, 1.54) is 17.5 Å². The second-order valence-electron chi connectivity index (χ2n) is 4.13. The molecule has 2 amide bonds. The predicted octanol–water partition coefficient (Wildman–Crippen LogP) is 2.51. The van der Waals surface area contributed by atoms with Crippen molar-refractivity contribution < 1.29 is 18.0 Å². The number of carbonyl (C=O) groups excluding carboxylic acids is 1. The van der Waals surface area contributed by atoms with Gasteiger partial charge in [-0.3, -0.25) is 0 Å². The molecule has 1 aliphatic rings. The van der Waals surface area contributed by atoms with Crippen LogP contribution in [0.4, 0.5) is 18.0 Å². The van der Waals surface area contributed by atoms with Crippen molar-refractivity contribution in [2.24, 2.45) is 9.98 Å². The highest BCUT2D eigenvalue weighted by Gasteiger charge is 2.35. The zero-order valence-corrected chi connectivity index (χ0v) is 10.8. The predicted molar refractivity (Wildman–Crippen MR) is 65.0 cm³/mol. The van der Waals surface area contributed by atoms with Crippen LogP contribution >= 0.6 is 11.3 Å². The molecule has 0 spiro atoms. The van der Waals surface area contributed by atoms with Crippen molar-refractivity contribution in [2.45, 2.75) is 13.1 Å². The Morgan fingerprint density at radius 1 is 1.20 bits per heavy atom. The highest BCUT2D eigenvalue weighted by molar-refractivity contribution is 7.10. The normalized spacial score (nSPS) is 13.9. The summed E-state index contributed by atoms with van der Waals surface area (Å²) in [7, 11) is 0. The van der Waals surface area contributed by atoms with Crippen LogP contribution < -0.4 is 10.8 Å². The molecule has 0 saturated heterocycles. The summed E-state index contributed by atoms with van der Waals surface area (Å²) in [5.41, 5.74) is 0.886. The number of rotatable bonds is 1. The lowest BCUT2D eigenvalue weighted by atomic mass is 10.1. The van der Waals surface area contributed by atoms with E-state index in [4.69, 9.17) is 0 Å². The Kier molecular flexibility index (Phi) is 2.72. The van der Waals surface area contributed by atoms with E-state index < -0.39 is 17.1 Å². The van der Waals surface area contributed by atoms with Crippen molar-refractivity contribution in [3.8, 4) is 11.1 Å². The lowest BCUT2D eigenvalue weighted by molar-refractivity contribution is -0.133. The Bertz CT molecular complexity index is 839. The van der Waals surface area contributed by atoms with Gasteiger partial charge in [0, 0.05) is 16.8 Å². The lowest BCUT2D eigenvalue weighted by Gasteiger charge is -2.09. The van der Waals surface area contributed by atoms with Crippen molar-refractivity contribution in [1.82, 2.24) is 4.98 Å². The second kappa shape index (κ2) is 4.20. The van der Waals surface area contributed by atoms with Crippen LogP contribution in [-0.2, 0) is 6.18 Å². The van der Waals surface area contributed by atoms with E-state index in [9.17, 15) is 18.0 Å². The number of thiophene rings is 1. The number of amides is 2. The zero-order chi connectivity index (χ0) is 14.5. The van der Waals surface area contributed by atoms with Gasteiger partial charge in [-0.15, -0.1) is 11.3 Å². The van der Waals surface area contributed by atoms with E-state index in [1.807, 2.05) is 0 Å². The van der Waals surface area contributed by atoms with Gasteiger partial charge in [-0.2, -0.15) is 23.2 Å².